The van der Waals surface area contributed by atoms with E-state index < -0.39 is 0 Å². The molecule has 0 amide bonds. The third kappa shape index (κ3) is 4.49. The Morgan fingerprint density at radius 1 is 1.24 bits per heavy atom. The smallest absolute Gasteiger partial charge is 0.161 e. The van der Waals surface area contributed by atoms with Crippen molar-refractivity contribution in [1.82, 2.24) is 0 Å². The molecule has 3 heteroatoms. The van der Waals surface area contributed by atoms with Gasteiger partial charge in [-0.15, -0.1) is 0 Å². The van der Waals surface area contributed by atoms with E-state index in [2.05, 4.69) is 14.1 Å². The number of benzene rings is 1. The molecule has 94 valence electrons. The van der Waals surface area contributed by atoms with Crippen molar-refractivity contribution < 1.29 is 14.4 Å². The normalized spacial score (nSPS) is 11.1. The minimum absolute atomic E-state index is 0.696. The van der Waals surface area contributed by atoms with Gasteiger partial charge in [-0.2, -0.15) is 0 Å². The second kappa shape index (κ2) is 6.97. The first-order valence-electron chi connectivity index (χ1n) is 5.90. The van der Waals surface area contributed by atoms with E-state index in [0.29, 0.717) is 6.61 Å². The molecule has 3 nitrogen and oxygen atoms in total. The summed E-state index contributed by atoms with van der Waals surface area (Å²) in [7, 11) is 5.88. The van der Waals surface area contributed by atoms with Gasteiger partial charge in [-0.3, -0.25) is 0 Å². The lowest BCUT2D eigenvalue weighted by Gasteiger charge is -2.12. The number of rotatable bonds is 6. The van der Waals surface area contributed by atoms with Crippen LogP contribution in [-0.2, 0) is 0 Å². The maximum absolute atomic E-state index is 5.70. The van der Waals surface area contributed by atoms with E-state index >= 15 is 0 Å². The van der Waals surface area contributed by atoms with Gasteiger partial charge in [-0.1, -0.05) is 18.2 Å². The molecule has 0 saturated heterocycles. The van der Waals surface area contributed by atoms with Crippen LogP contribution in [0.5, 0.6) is 11.5 Å². The van der Waals surface area contributed by atoms with E-state index in [1.807, 2.05) is 37.3 Å². The Kier molecular flexibility index (Phi) is 5.57. The molecule has 0 radical (unpaired) electrons. The fraction of sp³-hybridized carbons (Fsp3) is 0.429. The van der Waals surface area contributed by atoms with Crippen molar-refractivity contribution in [2.75, 3.05) is 34.4 Å². The highest BCUT2D eigenvalue weighted by atomic mass is 16.5. The lowest BCUT2D eigenvalue weighted by atomic mass is 10.2. The number of quaternary nitrogens is 1. The summed E-state index contributed by atoms with van der Waals surface area (Å²) in [5, 5.41) is 0. The lowest BCUT2D eigenvalue weighted by Crippen LogP contribution is -3.06. The molecule has 1 aromatic rings. The summed E-state index contributed by atoms with van der Waals surface area (Å²) in [6.45, 7) is 3.66. The molecule has 0 aliphatic heterocycles. The van der Waals surface area contributed by atoms with Crippen LogP contribution in [0.1, 0.15) is 12.5 Å². The molecule has 0 aliphatic rings. The second-order valence-electron chi connectivity index (χ2n) is 4.22. The molecule has 0 aromatic heterocycles. The first-order chi connectivity index (χ1) is 8.17. The summed E-state index contributed by atoms with van der Waals surface area (Å²) < 4.78 is 11.0. The number of likely N-dealkylation sites (N-methyl/N-ethyl adjacent to an activating group) is 1. The molecule has 0 saturated carbocycles. The van der Waals surface area contributed by atoms with E-state index in [-0.39, 0.29) is 0 Å². The van der Waals surface area contributed by atoms with Crippen LogP contribution < -0.4 is 14.4 Å². The van der Waals surface area contributed by atoms with Crippen LogP contribution in [0, 0.1) is 0 Å². The number of ether oxygens (including phenoxy) is 2. The zero-order valence-corrected chi connectivity index (χ0v) is 11.1. The summed E-state index contributed by atoms with van der Waals surface area (Å²) >= 11 is 0. The van der Waals surface area contributed by atoms with Crippen molar-refractivity contribution in [2.45, 2.75) is 6.92 Å². The van der Waals surface area contributed by atoms with Gasteiger partial charge in [-0.05, 0) is 24.6 Å². The van der Waals surface area contributed by atoms with Gasteiger partial charge in [-0.25, -0.2) is 0 Å². The number of hydrogen-bond donors (Lipinski definition) is 1. The highest BCUT2D eigenvalue weighted by Gasteiger charge is 2.05. The molecule has 0 aliphatic carbocycles. The first kappa shape index (κ1) is 13.6. The van der Waals surface area contributed by atoms with Gasteiger partial charge in [0.1, 0.15) is 13.2 Å². The van der Waals surface area contributed by atoms with Crippen molar-refractivity contribution in [2.24, 2.45) is 0 Å². The summed E-state index contributed by atoms with van der Waals surface area (Å²) in [4.78, 5) is 1.37. The van der Waals surface area contributed by atoms with E-state index in [1.54, 1.807) is 7.11 Å². The summed E-state index contributed by atoms with van der Waals surface area (Å²) in [5.41, 5.74) is 1.12. The number of hydrogen-bond acceptors (Lipinski definition) is 2. The van der Waals surface area contributed by atoms with Gasteiger partial charge in [0, 0.05) is 0 Å². The number of nitrogens with one attached hydrogen (secondary N) is 1. The Morgan fingerprint density at radius 2 is 2.00 bits per heavy atom. The minimum atomic E-state index is 0.696. The Morgan fingerprint density at radius 3 is 2.59 bits per heavy atom. The maximum atomic E-state index is 5.70. The van der Waals surface area contributed by atoms with Gasteiger partial charge in [0.25, 0.3) is 0 Å². The minimum Gasteiger partial charge on any atom is -0.493 e. The largest absolute Gasteiger partial charge is 0.493 e. The van der Waals surface area contributed by atoms with Crippen molar-refractivity contribution in [3.8, 4) is 11.5 Å². The van der Waals surface area contributed by atoms with Crippen molar-refractivity contribution in [1.29, 1.82) is 0 Å². The van der Waals surface area contributed by atoms with Crippen LogP contribution in [0.2, 0.25) is 0 Å². The standard InChI is InChI=1S/C14H21NO2/c1-5-6-12-7-8-13(14(11-12)16-4)17-10-9-15(2)3/h5-8,11H,9-10H2,1-4H3/p+1/b6-5-. The summed E-state index contributed by atoms with van der Waals surface area (Å²) in [6, 6.07) is 5.97. The maximum Gasteiger partial charge on any atom is 0.161 e. The molecule has 0 heterocycles. The molecule has 0 atom stereocenters. The van der Waals surface area contributed by atoms with E-state index in [4.69, 9.17) is 9.47 Å². The number of methoxy groups -OCH3 is 1. The Hall–Kier alpha value is -1.48. The predicted molar refractivity (Wildman–Crippen MR) is 70.9 cm³/mol. The molecule has 17 heavy (non-hydrogen) atoms. The molecule has 1 N–H and O–H groups in total. The molecular weight excluding hydrogens is 214 g/mol. The SMILES string of the molecule is C/C=C\c1ccc(OCC[NH+](C)C)c(OC)c1. The summed E-state index contributed by atoms with van der Waals surface area (Å²) in [6.07, 6.45) is 4.04. The molecule has 1 rings (SSSR count). The van der Waals surface area contributed by atoms with Crippen LogP contribution in [0.3, 0.4) is 0 Å². The van der Waals surface area contributed by atoms with Gasteiger partial charge in [0.05, 0.1) is 21.2 Å². The third-order valence-electron chi connectivity index (χ3n) is 2.41. The monoisotopic (exact) mass is 236 g/mol. The second-order valence-corrected chi connectivity index (χ2v) is 4.22. The Balaban J connectivity index is 2.71. The summed E-state index contributed by atoms with van der Waals surface area (Å²) in [5.74, 6) is 1.59. The number of allylic oxidation sites excluding steroid dienone is 1. The van der Waals surface area contributed by atoms with E-state index in [1.165, 1.54) is 4.90 Å². The lowest BCUT2D eigenvalue weighted by molar-refractivity contribution is -0.858. The van der Waals surface area contributed by atoms with E-state index in [0.717, 1.165) is 23.6 Å². The molecule has 0 spiro atoms. The van der Waals surface area contributed by atoms with Gasteiger partial charge in [0.2, 0.25) is 0 Å². The van der Waals surface area contributed by atoms with Gasteiger partial charge >= 0.3 is 0 Å². The van der Waals surface area contributed by atoms with E-state index in [9.17, 15) is 0 Å². The zero-order chi connectivity index (χ0) is 12.7. The molecular formula is C14H22NO2+. The van der Waals surface area contributed by atoms with Gasteiger partial charge in [0.15, 0.2) is 11.5 Å². The first-order valence-corrected chi connectivity index (χ1v) is 5.90. The van der Waals surface area contributed by atoms with Crippen LogP contribution in [0.15, 0.2) is 24.3 Å². The molecule has 0 unspecified atom stereocenters. The van der Waals surface area contributed by atoms with Crippen molar-refractivity contribution in [3.63, 3.8) is 0 Å². The Bertz CT molecular complexity index is 372. The van der Waals surface area contributed by atoms with Gasteiger partial charge < -0.3 is 14.4 Å². The average molecular weight is 236 g/mol. The highest BCUT2D eigenvalue weighted by molar-refractivity contribution is 5.55. The van der Waals surface area contributed by atoms with Crippen LogP contribution in [0.25, 0.3) is 6.08 Å². The van der Waals surface area contributed by atoms with Crippen molar-refractivity contribution >= 4 is 6.08 Å². The molecule has 1 aromatic carbocycles. The fourth-order valence-electron chi connectivity index (χ4n) is 1.46. The highest BCUT2D eigenvalue weighted by Crippen LogP contribution is 2.28. The van der Waals surface area contributed by atoms with Crippen LogP contribution >= 0.6 is 0 Å². The molecule has 0 bridgehead atoms. The fourth-order valence-corrected chi connectivity index (χ4v) is 1.46. The van der Waals surface area contributed by atoms with Crippen molar-refractivity contribution in [3.05, 3.63) is 29.8 Å². The quantitative estimate of drug-likeness (QED) is 0.803. The third-order valence-corrected chi connectivity index (χ3v) is 2.41. The molecule has 0 fully saturated rings. The van der Waals surface area contributed by atoms with Crippen LogP contribution in [-0.4, -0.2) is 34.4 Å². The zero-order valence-electron chi connectivity index (χ0n) is 11.1. The topological polar surface area (TPSA) is 22.9 Å². The average Bonchev–Trinajstić information content (AvgIpc) is 2.30. The van der Waals surface area contributed by atoms with Crippen LogP contribution in [0.4, 0.5) is 0 Å². The predicted octanol–water partition coefficient (Wildman–Crippen LogP) is 1.25. The Labute approximate surface area is 104 Å².